The third-order valence-corrected chi connectivity index (χ3v) is 6.37. The summed E-state index contributed by atoms with van der Waals surface area (Å²) in [5.74, 6) is 2.04. The molecule has 2 aliphatic rings. The summed E-state index contributed by atoms with van der Waals surface area (Å²) in [5.41, 5.74) is 1.29. The Balaban J connectivity index is 1.42. The molecule has 0 unspecified atom stereocenters. The first-order chi connectivity index (χ1) is 14.6. The number of likely N-dealkylation sites (tertiary alicyclic amines) is 1. The molecule has 2 aromatic heterocycles. The Hall–Kier alpha value is -2.58. The molecule has 0 spiro atoms. The number of hydrogen-bond acceptors (Lipinski definition) is 5. The minimum atomic E-state index is -0.214. The van der Waals surface area contributed by atoms with E-state index in [-0.39, 0.29) is 23.2 Å². The molecular weight excluding hydrogens is 385 g/mol. The highest BCUT2D eigenvalue weighted by Crippen LogP contribution is 2.31. The fourth-order valence-electron chi connectivity index (χ4n) is 4.78. The second kappa shape index (κ2) is 7.92. The van der Waals surface area contributed by atoms with E-state index in [4.69, 9.17) is 9.84 Å². The highest BCUT2D eigenvalue weighted by atomic mass is 19.1. The Labute approximate surface area is 173 Å². The van der Waals surface area contributed by atoms with E-state index in [1.54, 1.807) is 22.8 Å². The largest absolute Gasteiger partial charge is 0.381 e. The van der Waals surface area contributed by atoms with E-state index in [0.29, 0.717) is 37.0 Å². The van der Waals surface area contributed by atoms with Gasteiger partial charge in [0.25, 0.3) is 5.56 Å². The van der Waals surface area contributed by atoms with Crippen LogP contribution in [0.15, 0.2) is 35.3 Å². The third kappa shape index (κ3) is 3.65. The van der Waals surface area contributed by atoms with Crippen LogP contribution < -0.4 is 5.56 Å². The first-order valence-electron chi connectivity index (χ1n) is 10.6. The molecule has 2 saturated heterocycles. The molecule has 0 aliphatic carbocycles. The molecule has 1 N–H and O–H groups in total. The van der Waals surface area contributed by atoms with Crippen LogP contribution in [0.1, 0.15) is 48.8 Å². The number of imidazole rings is 1. The average Bonchev–Trinajstić information content (AvgIpc) is 3.32. The molecule has 0 radical (unpaired) electrons. The van der Waals surface area contributed by atoms with Crippen LogP contribution in [0.2, 0.25) is 0 Å². The summed E-state index contributed by atoms with van der Waals surface area (Å²) < 4.78 is 20.7. The average molecular weight is 411 g/mol. The summed E-state index contributed by atoms with van der Waals surface area (Å²) in [6, 6.07) is 6.73. The van der Waals surface area contributed by atoms with Crippen LogP contribution >= 0.6 is 0 Å². The zero-order valence-corrected chi connectivity index (χ0v) is 17.1. The number of hydrogen-bond donors (Lipinski definition) is 1. The molecule has 2 atom stereocenters. The van der Waals surface area contributed by atoms with Gasteiger partial charge in [0.1, 0.15) is 17.5 Å². The van der Waals surface area contributed by atoms with Crippen LogP contribution in [0.4, 0.5) is 4.39 Å². The molecule has 2 aliphatic heterocycles. The Morgan fingerprint density at radius 1 is 1.27 bits per heavy atom. The quantitative estimate of drug-likeness (QED) is 0.715. The summed E-state index contributed by atoms with van der Waals surface area (Å²) in [5, 5.41) is 4.83. The lowest BCUT2D eigenvalue weighted by atomic mass is 9.97. The van der Waals surface area contributed by atoms with Crippen LogP contribution in [-0.2, 0) is 11.3 Å². The molecule has 2 fully saturated rings. The maximum atomic E-state index is 13.5. The van der Waals surface area contributed by atoms with Gasteiger partial charge in [-0.05, 0) is 36.5 Å². The molecule has 0 bridgehead atoms. The molecule has 1 aromatic carbocycles. The molecule has 0 amide bonds. The van der Waals surface area contributed by atoms with Crippen LogP contribution in [0.5, 0.6) is 0 Å². The molecule has 0 saturated carbocycles. The van der Waals surface area contributed by atoms with E-state index in [2.05, 4.69) is 21.8 Å². The van der Waals surface area contributed by atoms with Crippen molar-refractivity contribution in [3.05, 3.63) is 63.8 Å². The van der Waals surface area contributed by atoms with Crippen LogP contribution in [0, 0.1) is 11.7 Å². The van der Waals surface area contributed by atoms with Gasteiger partial charge in [0.15, 0.2) is 5.52 Å². The molecule has 8 heteroatoms. The molecule has 158 valence electrons. The smallest absolute Gasteiger partial charge is 0.276 e. The van der Waals surface area contributed by atoms with Gasteiger partial charge >= 0.3 is 0 Å². The summed E-state index contributed by atoms with van der Waals surface area (Å²) in [6.07, 6.45) is 3.41. The van der Waals surface area contributed by atoms with Crippen molar-refractivity contribution in [2.75, 3.05) is 26.3 Å². The maximum absolute atomic E-state index is 13.5. The number of aromatic nitrogens is 4. The van der Waals surface area contributed by atoms with E-state index in [1.165, 1.54) is 6.07 Å². The SMILES string of the molecule is C[C@@H]1CN(Cc2cccc(F)c2)C[C@H]1c1nn2c(C3CCOCC3)ncc2c(=O)[nH]1. The highest BCUT2D eigenvalue weighted by Gasteiger charge is 2.33. The predicted molar refractivity (Wildman–Crippen MR) is 110 cm³/mol. The number of nitrogens with one attached hydrogen (secondary N) is 1. The minimum absolute atomic E-state index is 0.112. The van der Waals surface area contributed by atoms with Crippen molar-refractivity contribution in [2.45, 2.75) is 38.1 Å². The number of halogens is 1. The maximum Gasteiger partial charge on any atom is 0.276 e. The number of ether oxygens (including phenoxy) is 1. The van der Waals surface area contributed by atoms with Crippen LogP contribution in [0.25, 0.3) is 5.52 Å². The summed E-state index contributed by atoms with van der Waals surface area (Å²) in [7, 11) is 0. The summed E-state index contributed by atoms with van der Waals surface area (Å²) in [4.78, 5) is 22.5. The van der Waals surface area contributed by atoms with Gasteiger partial charge < -0.3 is 9.72 Å². The lowest BCUT2D eigenvalue weighted by Crippen LogP contribution is -2.24. The first kappa shape index (κ1) is 19.4. The van der Waals surface area contributed by atoms with Crippen LogP contribution in [-0.4, -0.2) is 50.8 Å². The van der Waals surface area contributed by atoms with Crippen molar-refractivity contribution >= 4 is 5.52 Å². The Kier molecular flexibility index (Phi) is 5.12. The van der Waals surface area contributed by atoms with E-state index >= 15 is 0 Å². The van der Waals surface area contributed by atoms with Gasteiger partial charge in [0.05, 0.1) is 6.20 Å². The molecule has 5 rings (SSSR count). The molecule has 30 heavy (non-hydrogen) atoms. The van der Waals surface area contributed by atoms with E-state index in [1.807, 2.05) is 6.07 Å². The van der Waals surface area contributed by atoms with Gasteiger partial charge in [0, 0.05) is 44.7 Å². The predicted octanol–water partition coefficient (Wildman–Crippen LogP) is 2.69. The van der Waals surface area contributed by atoms with Crippen molar-refractivity contribution in [1.29, 1.82) is 0 Å². The third-order valence-electron chi connectivity index (χ3n) is 6.37. The number of H-pyrrole nitrogens is 1. The first-order valence-corrected chi connectivity index (χ1v) is 10.6. The Bertz CT molecular complexity index is 1100. The van der Waals surface area contributed by atoms with Crippen LogP contribution in [0.3, 0.4) is 0 Å². The fraction of sp³-hybridized carbons (Fsp3) is 0.500. The van der Waals surface area contributed by atoms with Crippen molar-refractivity contribution in [1.82, 2.24) is 24.5 Å². The number of benzene rings is 1. The Morgan fingerprint density at radius 3 is 2.90 bits per heavy atom. The summed E-state index contributed by atoms with van der Waals surface area (Å²) in [6.45, 7) is 5.93. The number of rotatable bonds is 4. The minimum Gasteiger partial charge on any atom is -0.381 e. The van der Waals surface area contributed by atoms with Crippen molar-refractivity contribution < 1.29 is 9.13 Å². The lowest BCUT2D eigenvalue weighted by Gasteiger charge is -2.21. The highest BCUT2D eigenvalue weighted by molar-refractivity contribution is 5.42. The lowest BCUT2D eigenvalue weighted by molar-refractivity contribution is 0.0832. The number of fused-ring (bicyclic) bond motifs is 1. The topological polar surface area (TPSA) is 75.5 Å². The number of aromatic amines is 1. The summed E-state index contributed by atoms with van der Waals surface area (Å²) >= 11 is 0. The van der Waals surface area contributed by atoms with Gasteiger partial charge in [0.2, 0.25) is 0 Å². The van der Waals surface area contributed by atoms with Crippen molar-refractivity contribution in [3.63, 3.8) is 0 Å². The standard InChI is InChI=1S/C22H26FN5O2/c1-14-11-27(12-15-3-2-4-17(23)9-15)13-18(14)20-25-22(29)19-10-24-21(28(19)26-20)16-5-7-30-8-6-16/h2-4,9-10,14,16,18H,5-8,11-13H2,1H3,(H,25,26,29)/t14-,18-/m1/s1. The zero-order valence-electron chi connectivity index (χ0n) is 17.1. The molecule has 3 aromatic rings. The van der Waals surface area contributed by atoms with Crippen molar-refractivity contribution in [2.24, 2.45) is 5.92 Å². The second-order valence-corrected chi connectivity index (χ2v) is 8.55. The monoisotopic (exact) mass is 411 g/mol. The fourth-order valence-corrected chi connectivity index (χ4v) is 4.78. The normalized spacial score (nSPS) is 23.4. The zero-order chi connectivity index (χ0) is 20.7. The van der Waals surface area contributed by atoms with E-state index in [0.717, 1.165) is 37.3 Å². The van der Waals surface area contributed by atoms with Gasteiger partial charge in [-0.1, -0.05) is 19.1 Å². The molecule has 4 heterocycles. The van der Waals surface area contributed by atoms with E-state index < -0.39 is 0 Å². The van der Waals surface area contributed by atoms with Gasteiger partial charge in [-0.15, -0.1) is 0 Å². The Morgan fingerprint density at radius 2 is 2.10 bits per heavy atom. The number of nitrogens with zero attached hydrogens (tertiary/aromatic N) is 4. The second-order valence-electron chi connectivity index (χ2n) is 8.55. The van der Waals surface area contributed by atoms with Gasteiger partial charge in [-0.25, -0.2) is 13.9 Å². The van der Waals surface area contributed by atoms with Crippen molar-refractivity contribution in [3.8, 4) is 0 Å². The van der Waals surface area contributed by atoms with Gasteiger partial charge in [-0.2, -0.15) is 5.10 Å². The molecular formula is C22H26FN5O2. The molecule has 7 nitrogen and oxygen atoms in total. The van der Waals surface area contributed by atoms with E-state index in [9.17, 15) is 9.18 Å². The van der Waals surface area contributed by atoms with Gasteiger partial charge in [-0.3, -0.25) is 9.69 Å².